The molecule has 0 aliphatic carbocycles. The summed E-state index contributed by atoms with van der Waals surface area (Å²) in [6, 6.07) is 22.8. The van der Waals surface area contributed by atoms with Gasteiger partial charge in [0.15, 0.2) is 0 Å². The van der Waals surface area contributed by atoms with Crippen LogP contribution in [0.1, 0.15) is 26.7 Å². The van der Waals surface area contributed by atoms with Gasteiger partial charge in [-0.05, 0) is 111 Å². The molecule has 0 amide bonds. The number of hydrogen-bond acceptors (Lipinski definition) is 10. The average molecular weight is 639 g/mol. The highest BCUT2D eigenvalue weighted by Crippen LogP contribution is 2.27. The molecule has 0 unspecified atom stereocenters. The van der Waals surface area contributed by atoms with Crippen molar-refractivity contribution < 1.29 is 45.4 Å². The number of rotatable bonds is 13. The van der Waals surface area contributed by atoms with Crippen molar-refractivity contribution in [3.8, 4) is 23.0 Å². The maximum atomic E-state index is 12.9. The van der Waals surface area contributed by atoms with Crippen LogP contribution in [-0.2, 0) is 29.3 Å². The number of benzene rings is 4. The minimum atomic E-state index is -3.79. The van der Waals surface area contributed by atoms with Gasteiger partial charge in [0.1, 0.15) is 23.0 Å². The molecule has 0 atom stereocenters. The van der Waals surface area contributed by atoms with Crippen molar-refractivity contribution in [1.82, 2.24) is 0 Å². The zero-order valence-electron chi connectivity index (χ0n) is 24.0. The fourth-order valence-corrected chi connectivity index (χ4v) is 6.50. The maximum Gasteiger partial charge on any atom is 0.311 e. The van der Waals surface area contributed by atoms with Crippen molar-refractivity contribution >= 4 is 31.6 Å². The lowest BCUT2D eigenvalue weighted by molar-refractivity contribution is -0.140. The van der Waals surface area contributed by atoms with Gasteiger partial charge in [-0.1, -0.05) is 0 Å². The van der Waals surface area contributed by atoms with E-state index < -0.39 is 31.6 Å². The smallest absolute Gasteiger partial charge is 0.311 e. The van der Waals surface area contributed by atoms with Gasteiger partial charge in [-0.15, -0.1) is 0 Å². The number of sulfone groups is 2. The Hall–Kier alpha value is -4.68. The summed E-state index contributed by atoms with van der Waals surface area (Å²) in [7, 11) is -7.58. The topological polar surface area (TPSA) is 139 Å². The van der Waals surface area contributed by atoms with E-state index in [1.165, 1.54) is 72.8 Å². The minimum Gasteiger partial charge on any atom is -0.494 e. The van der Waals surface area contributed by atoms with Crippen LogP contribution in [0.15, 0.2) is 117 Å². The molecular formula is C32H30O10S2. The lowest BCUT2D eigenvalue weighted by Crippen LogP contribution is -2.14. The summed E-state index contributed by atoms with van der Waals surface area (Å²) in [5, 5.41) is 0. The van der Waals surface area contributed by atoms with Crippen LogP contribution in [0.25, 0.3) is 0 Å². The quantitative estimate of drug-likeness (QED) is 0.137. The van der Waals surface area contributed by atoms with E-state index in [4.69, 9.17) is 18.9 Å². The van der Waals surface area contributed by atoms with Crippen molar-refractivity contribution in [2.24, 2.45) is 0 Å². The zero-order chi connectivity index (χ0) is 31.7. The lowest BCUT2D eigenvalue weighted by Gasteiger charge is -2.09. The van der Waals surface area contributed by atoms with Crippen LogP contribution in [0.4, 0.5) is 0 Å². The maximum absolute atomic E-state index is 12.9. The normalized spacial score (nSPS) is 11.4. The number of ether oxygens (including phenoxy) is 4. The van der Waals surface area contributed by atoms with E-state index in [2.05, 4.69) is 0 Å². The highest BCUT2D eigenvalue weighted by Gasteiger charge is 2.20. The van der Waals surface area contributed by atoms with Gasteiger partial charge in [0.2, 0.25) is 19.7 Å². The first-order valence-electron chi connectivity index (χ1n) is 13.6. The third-order valence-corrected chi connectivity index (χ3v) is 9.73. The summed E-state index contributed by atoms with van der Waals surface area (Å²) in [5.41, 5.74) is 0. The van der Waals surface area contributed by atoms with Gasteiger partial charge >= 0.3 is 11.9 Å². The van der Waals surface area contributed by atoms with Crippen LogP contribution in [-0.4, -0.2) is 42.0 Å². The molecule has 0 heterocycles. The van der Waals surface area contributed by atoms with Crippen LogP contribution in [0.2, 0.25) is 0 Å². The fourth-order valence-electron chi connectivity index (χ4n) is 3.98. The van der Waals surface area contributed by atoms with Crippen LogP contribution in [0.3, 0.4) is 0 Å². The molecule has 0 aliphatic heterocycles. The van der Waals surface area contributed by atoms with Crippen LogP contribution in [0.5, 0.6) is 23.0 Å². The van der Waals surface area contributed by atoms with E-state index in [1.54, 1.807) is 24.3 Å². The van der Waals surface area contributed by atoms with Gasteiger partial charge < -0.3 is 18.9 Å². The molecular weight excluding hydrogens is 608 g/mol. The van der Waals surface area contributed by atoms with E-state index in [0.29, 0.717) is 24.7 Å². The summed E-state index contributed by atoms with van der Waals surface area (Å²) in [6.45, 7) is 4.58. The molecule has 0 spiro atoms. The Morgan fingerprint density at radius 1 is 0.455 bits per heavy atom. The highest BCUT2D eigenvalue weighted by atomic mass is 32.2. The van der Waals surface area contributed by atoms with E-state index in [9.17, 15) is 26.4 Å². The first-order chi connectivity index (χ1) is 21.0. The number of carbonyl (C=O) groups excluding carboxylic acids is 2. The molecule has 0 saturated carbocycles. The molecule has 230 valence electrons. The molecule has 44 heavy (non-hydrogen) atoms. The second-order valence-electron chi connectivity index (χ2n) is 9.21. The Morgan fingerprint density at radius 2 is 0.705 bits per heavy atom. The Bertz CT molecular complexity index is 1660. The molecule has 10 nitrogen and oxygen atoms in total. The molecule has 0 fully saturated rings. The molecule has 4 aromatic rings. The largest absolute Gasteiger partial charge is 0.494 e. The molecule has 0 bridgehead atoms. The van der Waals surface area contributed by atoms with Crippen molar-refractivity contribution in [3.05, 3.63) is 97.1 Å². The zero-order valence-corrected chi connectivity index (χ0v) is 25.6. The number of hydrogen-bond donors (Lipinski definition) is 0. The number of carbonyl (C=O) groups is 2. The monoisotopic (exact) mass is 638 g/mol. The van der Waals surface area contributed by atoms with Gasteiger partial charge in [0.05, 0.1) is 45.6 Å². The predicted molar refractivity (Wildman–Crippen MR) is 160 cm³/mol. The first-order valence-corrected chi connectivity index (χ1v) is 16.6. The van der Waals surface area contributed by atoms with Crippen LogP contribution >= 0.6 is 0 Å². The van der Waals surface area contributed by atoms with Gasteiger partial charge in [0.25, 0.3) is 0 Å². The summed E-state index contributed by atoms with van der Waals surface area (Å²) >= 11 is 0. The van der Waals surface area contributed by atoms with Crippen LogP contribution < -0.4 is 18.9 Å². The van der Waals surface area contributed by atoms with Crippen molar-refractivity contribution in [2.45, 2.75) is 46.3 Å². The van der Waals surface area contributed by atoms with Gasteiger partial charge in [-0.3, -0.25) is 9.59 Å². The number of esters is 2. The average Bonchev–Trinajstić information content (AvgIpc) is 3.01. The summed E-state index contributed by atoms with van der Waals surface area (Å²) in [6.07, 6.45) is -0.593. The third-order valence-electron chi connectivity index (χ3n) is 6.15. The van der Waals surface area contributed by atoms with Crippen molar-refractivity contribution in [1.29, 1.82) is 0 Å². The predicted octanol–water partition coefficient (Wildman–Crippen LogP) is 5.44. The Kier molecular flexibility index (Phi) is 10.4. The molecule has 0 radical (unpaired) electrons. The van der Waals surface area contributed by atoms with Crippen molar-refractivity contribution in [3.63, 3.8) is 0 Å². The van der Waals surface area contributed by atoms with E-state index >= 15 is 0 Å². The van der Waals surface area contributed by atoms with E-state index in [0.717, 1.165) is 0 Å². The molecule has 0 N–H and O–H groups in total. The molecule has 0 aromatic heterocycles. The second kappa shape index (κ2) is 14.2. The van der Waals surface area contributed by atoms with E-state index in [1.807, 2.05) is 13.8 Å². The Morgan fingerprint density at radius 3 is 0.955 bits per heavy atom. The highest BCUT2D eigenvalue weighted by molar-refractivity contribution is 7.91. The molecule has 4 rings (SSSR count). The molecule has 0 saturated heterocycles. The third kappa shape index (κ3) is 8.03. The summed E-state index contributed by atoms with van der Waals surface area (Å²) in [4.78, 5) is 24.8. The van der Waals surface area contributed by atoms with Gasteiger partial charge in [-0.2, -0.15) is 0 Å². The lowest BCUT2D eigenvalue weighted by atomic mass is 10.3. The standard InChI is InChI=1S/C32H30O10S2/c1-3-39-23-5-13-27(14-6-23)43(35,36)29-17-9-25(10-18-29)41-31(33)21-22-32(34)42-26-11-19-30(20-12-26)44(37,38)28-15-7-24(8-16-28)40-4-2/h5-20H,3-4,21-22H2,1-2H3. The first kappa shape index (κ1) is 32.2. The molecule has 12 heteroatoms. The van der Waals surface area contributed by atoms with Crippen molar-refractivity contribution in [2.75, 3.05) is 13.2 Å². The van der Waals surface area contributed by atoms with Gasteiger partial charge in [0, 0.05) is 0 Å². The van der Waals surface area contributed by atoms with Gasteiger partial charge in [-0.25, -0.2) is 16.8 Å². The molecule has 4 aromatic carbocycles. The minimum absolute atomic E-state index is 0.0170. The fraction of sp³-hybridized carbons (Fsp3) is 0.188. The second-order valence-corrected chi connectivity index (χ2v) is 13.1. The Balaban J connectivity index is 1.27. The summed E-state index contributed by atoms with van der Waals surface area (Å²) in [5.74, 6) is -0.109. The van der Waals surface area contributed by atoms with Crippen LogP contribution in [0, 0.1) is 0 Å². The Labute approximate surface area is 256 Å². The summed E-state index contributed by atoms with van der Waals surface area (Å²) < 4.78 is 72.7. The SMILES string of the molecule is CCOc1ccc(S(=O)(=O)c2ccc(OC(=O)CCC(=O)Oc3ccc(S(=O)(=O)c4ccc(OCC)cc4)cc3)cc2)cc1. The van der Waals surface area contributed by atoms with E-state index in [-0.39, 0.29) is 43.9 Å². The molecule has 0 aliphatic rings.